The number of carbonyl (C=O) groups is 1. The zero-order chi connectivity index (χ0) is 21.8. The summed E-state index contributed by atoms with van der Waals surface area (Å²) in [4.78, 5) is 25.2. The third-order valence-electron chi connectivity index (χ3n) is 4.89. The molecule has 3 aromatic rings. The van der Waals surface area contributed by atoms with Gasteiger partial charge in [-0.3, -0.25) is 4.79 Å². The number of rotatable bonds is 6. The monoisotopic (exact) mass is 418 g/mol. The van der Waals surface area contributed by atoms with Gasteiger partial charge in [0.05, 0.1) is 39.0 Å². The van der Waals surface area contributed by atoms with Crippen LogP contribution in [0.15, 0.2) is 77.6 Å². The molecular weight excluding hydrogens is 396 g/mol. The van der Waals surface area contributed by atoms with Crippen LogP contribution in [0.2, 0.25) is 0 Å². The largest absolute Gasteiger partial charge is 0.501 e. The second-order valence-electron chi connectivity index (χ2n) is 6.75. The number of nitrogens with zero attached hydrogens (tertiary/aromatic N) is 2. The number of carbonyl (C=O) groups excluding carboxylic acids is 1. The van der Waals surface area contributed by atoms with Gasteiger partial charge < -0.3 is 24.5 Å². The third kappa shape index (κ3) is 4.13. The molecule has 0 unspecified atom stereocenters. The highest BCUT2D eigenvalue weighted by Crippen LogP contribution is 2.29. The van der Waals surface area contributed by atoms with Crippen LogP contribution in [0.3, 0.4) is 0 Å². The maximum Gasteiger partial charge on any atom is 0.255 e. The first-order valence-electron chi connectivity index (χ1n) is 9.61. The summed E-state index contributed by atoms with van der Waals surface area (Å²) in [6.07, 6.45) is 5.38. The molecular formula is C23H22N4O4. The molecule has 0 atom stereocenters. The first kappa shape index (κ1) is 20.2. The number of aromatic nitrogens is 3. The number of methoxy groups -OCH3 is 3. The Balaban J connectivity index is 1.69. The summed E-state index contributed by atoms with van der Waals surface area (Å²) >= 11 is 0. The Morgan fingerprint density at radius 3 is 2.61 bits per heavy atom. The van der Waals surface area contributed by atoms with E-state index in [0.717, 1.165) is 11.1 Å². The summed E-state index contributed by atoms with van der Waals surface area (Å²) in [5.74, 6) is 1.93. The average Bonchev–Trinajstić information content (AvgIpc) is 3.14. The number of nitrogens with one attached hydrogen (secondary N) is 2. The van der Waals surface area contributed by atoms with E-state index in [1.54, 1.807) is 32.6 Å². The van der Waals surface area contributed by atoms with Crippen molar-refractivity contribution in [3.63, 3.8) is 0 Å². The molecule has 2 N–H and O–H groups in total. The molecule has 2 heterocycles. The van der Waals surface area contributed by atoms with E-state index in [2.05, 4.69) is 20.3 Å². The highest BCUT2D eigenvalue weighted by atomic mass is 16.5. The fraction of sp³-hybridized carbons (Fsp3) is 0.174. The summed E-state index contributed by atoms with van der Waals surface area (Å²) in [5, 5.41) is 2.97. The lowest BCUT2D eigenvalue weighted by atomic mass is 10.1. The molecule has 8 heteroatoms. The van der Waals surface area contributed by atoms with Crippen LogP contribution in [0.5, 0.6) is 0 Å². The average molecular weight is 418 g/mol. The van der Waals surface area contributed by atoms with E-state index >= 15 is 0 Å². The highest BCUT2D eigenvalue weighted by Gasteiger charge is 2.20. The van der Waals surface area contributed by atoms with Gasteiger partial charge in [0.1, 0.15) is 17.3 Å². The molecule has 1 aliphatic rings. The Morgan fingerprint density at radius 1 is 1.03 bits per heavy atom. The predicted octanol–water partition coefficient (Wildman–Crippen LogP) is 3.93. The molecule has 0 radical (unpaired) electrons. The minimum Gasteiger partial charge on any atom is -0.501 e. The number of fused-ring (bicyclic) bond motifs is 1. The van der Waals surface area contributed by atoms with Crippen molar-refractivity contribution < 1.29 is 19.0 Å². The number of hydrogen-bond donors (Lipinski definition) is 2. The zero-order valence-corrected chi connectivity index (χ0v) is 17.4. The van der Waals surface area contributed by atoms with Gasteiger partial charge in [0.25, 0.3) is 5.91 Å². The topological polar surface area (TPSA) is 98.4 Å². The molecule has 31 heavy (non-hydrogen) atoms. The van der Waals surface area contributed by atoms with Crippen LogP contribution in [0, 0.1) is 0 Å². The van der Waals surface area contributed by atoms with Crippen LogP contribution in [0.1, 0.15) is 6.42 Å². The standard InChI is InChI=1S/C23H22N4O4/c1-29-15-11-14(12-19(30-2)20(13-15)31-3)23(28)26-17-8-5-4-7-16(17)21-25-18-9-6-10-24-22(18)27-21/h4-12H,13H2,1-3H3,(H,26,28)(H,24,25,27). The van der Waals surface area contributed by atoms with Crippen LogP contribution in [0.25, 0.3) is 22.6 Å². The summed E-state index contributed by atoms with van der Waals surface area (Å²) in [5.41, 5.74) is 3.17. The minimum atomic E-state index is -0.317. The van der Waals surface area contributed by atoms with Crippen LogP contribution >= 0.6 is 0 Å². The van der Waals surface area contributed by atoms with Crippen LogP contribution in [-0.2, 0) is 19.0 Å². The number of benzene rings is 1. The lowest BCUT2D eigenvalue weighted by Gasteiger charge is -2.10. The van der Waals surface area contributed by atoms with Gasteiger partial charge in [-0.25, -0.2) is 9.97 Å². The Morgan fingerprint density at radius 2 is 1.87 bits per heavy atom. The smallest absolute Gasteiger partial charge is 0.255 e. The molecule has 0 aliphatic heterocycles. The molecule has 0 saturated carbocycles. The maximum atomic E-state index is 13.2. The Labute approximate surface area is 179 Å². The highest BCUT2D eigenvalue weighted by molar-refractivity contribution is 6.08. The lowest BCUT2D eigenvalue weighted by Crippen LogP contribution is -2.14. The summed E-state index contributed by atoms with van der Waals surface area (Å²) in [7, 11) is 4.64. The molecule has 158 valence electrons. The first-order valence-corrected chi connectivity index (χ1v) is 9.61. The van der Waals surface area contributed by atoms with Gasteiger partial charge in [-0.15, -0.1) is 0 Å². The molecule has 1 aromatic carbocycles. The molecule has 0 spiro atoms. The molecule has 0 saturated heterocycles. The molecule has 1 aliphatic carbocycles. The Bertz CT molecular complexity index is 1190. The number of hydrogen-bond acceptors (Lipinski definition) is 6. The van der Waals surface area contributed by atoms with Gasteiger partial charge in [0.15, 0.2) is 11.4 Å². The Kier molecular flexibility index (Phi) is 5.70. The predicted molar refractivity (Wildman–Crippen MR) is 117 cm³/mol. The summed E-state index contributed by atoms with van der Waals surface area (Å²) in [6, 6.07) is 11.2. The summed E-state index contributed by atoms with van der Waals surface area (Å²) < 4.78 is 16.2. The van der Waals surface area contributed by atoms with E-state index in [9.17, 15) is 4.79 Å². The molecule has 2 aromatic heterocycles. The summed E-state index contributed by atoms with van der Waals surface area (Å²) in [6.45, 7) is 0. The quantitative estimate of drug-likeness (QED) is 0.629. The van der Waals surface area contributed by atoms with Crippen molar-refractivity contribution in [2.75, 3.05) is 26.6 Å². The van der Waals surface area contributed by atoms with Crippen molar-refractivity contribution in [3.8, 4) is 11.4 Å². The van der Waals surface area contributed by atoms with Crippen molar-refractivity contribution in [1.82, 2.24) is 15.0 Å². The Hall–Kier alpha value is -4.07. The second-order valence-corrected chi connectivity index (χ2v) is 6.75. The van der Waals surface area contributed by atoms with Crippen molar-refractivity contribution in [2.24, 2.45) is 0 Å². The number of para-hydroxylation sites is 1. The molecule has 0 bridgehead atoms. The van der Waals surface area contributed by atoms with E-state index in [1.165, 1.54) is 7.11 Å². The van der Waals surface area contributed by atoms with Gasteiger partial charge in [-0.2, -0.15) is 0 Å². The SMILES string of the molecule is COC1=CC(C(=O)Nc2ccccc2-c2nc3ncccc3[nH]2)=CC(OC)=C(OC)C1. The maximum absolute atomic E-state index is 13.2. The number of amides is 1. The number of H-pyrrole nitrogens is 1. The number of anilines is 1. The van der Waals surface area contributed by atoms with E-state index < -0.39 is 0 Å². The second kappa shape index (κ2) is 8.74. The fourth-order valence-electron chi connectivity index (χ4n) is 3.31. The van der Waals surface area contributed by atoms with E-state index in [0.29, 0.717) is 46.4 Å². The normalized spacial score (nSPS) is 13.9. The number of aromatic amines is 1. The molecule has 1 amide bonds. The van der Waals surface area contributed by atoms with Crippen molar-refractivity contribution in [3.05, 3.63) is 77.6 Å². The van der Waals surface area contributed by atoms with Crippen LogP contribution < -0.4 is 5.32 Å². The first-order chi connectivity index (χ1) is 15.1. The molecule has 4 rings (SSSR count). The number of pyridine rings is 1. The molecule has 0 fully saturated rings. The number of allylic oxidation sites excluding steroid dienone is 1. The zero-order valence-electron chi connectivity index (χ0n) is 17.4. The van der Waals surface area contributed by atoms with Crippen molar-refractivity contribution in [2.45, 2.75) is 6.42 Å². The molecule has 8 nitrogen and oxygen atoms in total. The van der Waals surface area contributed by atoms with E-state index in [4.69, 9.17) is 14.2 Å². The number of imidazole rings is 1. The van der Waals surface area contributed by atoms with E-state index in [-0.39, 0.29) is 5.91 Å². The fourth-order valence-corrected chi connectivity index (χ4v) is 3.31. The third-order valence-corrected chi connectivity index (χ3v) is 4.89. The minimum absolute atomic E-state index is 0.317. The van der Waals surface area contributed by atoms with Gasteiger partial charge in [0, 0.05) is 17.3 Å². The lowest BCUT2D eigenvalue weighted by molar-refractivity contribution is -0.112. The van der Waals surface area contributed by atoms with Crippen LogP contribution in [0.4, 0.5) is 5.69 Å². The van der Waals surface area contributed by atoms with Gasteiger partial charge in [0.2, 0.25) is 0 Å². The number of ether oxygens (including phenoxy) is 3. The van der Waals surface area contributed by atoms with E-state index in [1.807, 2.05) is 36.4 Å². The van der Waals surface area contributed by atoms with Crippen molar-refractivity contribution >= 4 is 22.8 Å². The van der Waals surface area contributed by atoms with Gasteiger partial charge in [-0.05, 0) is 36.4 Å². The van der Waals surface area contributed by atoms with Crippen LogP contribution in [-0.4, -0.2) is 42.2 Å². The van der Waals surface area contributed by atoms with Crippen molar-refractivity contribution in [1.29, 1.82) is 0 Å². The van der Waals surface area contributed by atoms with Gasteiger partial charge >= 0.3 is 0 Å². The van der Waals surface area contributed by atoms with Gasteiger partial charge in [-0.1, -0.05) is 12.1 Å².